The van der Waals surface area contributed by atoms with E-state index in [1.54, 1.807) is 0 Å². The van der Waals surface area contributed by atoms with Crippen molar-refractivity contribution < 1.29 is 4.42 Å². The molecule has 1 aliphatic rings. The summed E-state index contributed by atoms with van der Waals surface area (Å²) in [6.45, 7) is 0. The van der Waals surface area contributed by atoms with E-state index < -0.39 is 0 Å². The summed E-state index contributed by atoms with van der Waals surface area (Å²) in [6.07, 6.45) is 0. The number of aromatic nitrogens is 4. The number of rotatable bonds is 5. The number of benzene rings is 7. The van der Waals surface area contributed by atoms with Crippen molar-refractivity contribution in [2.75, 3.05) is 0 Å². The average molecular weight is 677 g/mol. The zero-order valence-electron chi connectivity index (χ0n) is 28.4. The maximum Gasteiger partial charge on any atom is 0.164 e. The molecule has 0 fully saturated rings. The first-order valence-corrected chi connectivity index (χ1v) is 17.7. The molecule has 0 radical (unpaired) electrons. The molecular formula is C48H28N4O. The summed E-state index contributed by atoms with van der Waals surface area (Å²) < 4.78 is 6.21. The van der Waals surface area contributed by atoms with Crippen LogP contribution in [0.25, 0.3) is 112 Å². The van der Waals surface area contributed by atoms with Gasteiger partial charge < -0.3 is 4.42 Å². The summed E-state index contributed by atoms with van der Waals surface area (Å²) in [7, 11) is 0. The molecule has 7 aromatic carbocycles. The normalized spacial score (nSPS) is 11.8. The highest BCUT2D eigenvalue weighted by atomic mass is 16.3. The van der Waals surface area contributed by atoms with Gasteiger partial charge in [0.1, 0.15) is 11.2 Å². The molecule has 0 spiro atoms. The molecular weight excluding hydrogens is 649 g/mol. The lowest BCUT2D eigenvalue weighted by Gasteiger charge is -2.11. The molecule has 3 aromatic heterocycles. The molecule has 11 rings (SSSR count). The van der Waals surface area contributed by atoms with Crippen LogP contribution in [-0.2, 0) is 0 Å². The summed E-state index contributed by atoms with van der Waals surface area (Å²) in [6, 6.07) is 58.5. The van der Waals surface area contributed by atoms with Gasteiger partial charge in [-0.2, -0.15) is 0 Å². The summed E-state index contributed by atoms with van der Waals surface area (Å²) in [5, 5.41) is 3.41. The topological polar surface area (TPSA) is 64.7 Å². The largest absolute Gasteiger partial charge is 0.456 e. The Morgan fingerprint density at radius 3 is 1.72 bits per heavy atom. The van der Waals surface area contributed by atoms with Crippen molar-refractivity contribution in [2.24, 2.45) is 0 Å². The van der Waals surface area contributed by atoms with Gasteiger partial charge in [-0.25, -0.2) is 19.9 Å². The molecule has 10 aromatic rings. The fourth-order valence-electron chi connectivity index (χ4n) is 7.81. The summed E-state index contributed by atoms with van der Waals surface area (Å²) in [5.74, 6) is 1.84. The fraction of sp³-hybridized carbons (Fsp3) is 0. The summed E-state index contributed by atoms with van der Waals surface area (Å²) in [4.78, 5) is 20.2. The van der Waals surface area contributed by atoms with Crippen molar-refractivity contribution in [3.63, 3.8) is 0 Å². The smallest absolute Gasteiger partial charge is 0.164 e. The Kier molecular flexibility index (Phi) is 6.48. The third-order valence-electron chi connectivity index (χ3n) is 10.3. The highest BCUT2D eigenvalue weighted by molar-refractivity contribution is 6.15. The van der Waals surface area contributed by atoms with Crippen molar-refractivity contribution in [3.8, 4) is 78.8 Å². The van der Waals surface area contributed by atoms with Crippen LogP contribution in [0, 0.1) is 0 Å². The van der Waals surface area contributed by atoms with Gasteiger partial charge in [-0.05, 0) is 63.7 Å². The van der Waals surface area contributed by atoms with E-state index in [4.69, 9.17) is 24.4 Å². The molecule has 0 saturated heterocycles. The first-order chi connectivity index (χ1) is 26.2. The Morgan fingerprint density at radius 1 is 0.321 bits per heavy atom. The second kappa shape index (κ2) is 11.7. The van der Waals surface area contributed by atoms with Crippen molar-refractivity contribution in [1.29, 1.82) is 0 Å². The van der Waals surface area contributed by atoms with Gasteiger partial charge in [-0.1, -0.05) is 140 Å². The minimum atomic E-state index is 0.609. The molecule has 0 atom stereocenters. The van der Waals surface area contributed by atoms with Crippen molar-refractivity contribution in [1.82, 2.24) is 19.9 Å². The minimum Gasteiger partial charge on any atom is -0.456 e. The number of fused-ring (bicyclic) bond motifs is 6. The number of hydrogen-bond acceptors (Lipinski definition) is 5. The van der Waals surface area contributed by atoms with E-state index in [-0.39, 0.29) is 0 Å². The molecule has 0 saturated carbocycles. The maximum atomic E-state index is 6.21. The van der Waals surface area contributed by atoms with Gasteiger partial charge in [0.25, 0.3) is 0 Å². The summed E-state index contributed by atoms with van der Waals surface area (Å²) >= 11 is 0. The average Bonchev–Trinajstić information content (AvgIpc) is 3.78. The lowest BCUT2D eigenvalue weighted by atomic mass is 9.98. The molecule has 0 aliphatic heterocycles. The van der Waals surface area contributed by atoms with Crippen molar-refractivity contribution in [2.45, 2.75) is 0 Å². The lowest BCUT2D eigenvalue weighted by Crippen LogP contribution is -2.00. The Balaban J connectivity index is 1.01. The van der Waals surface area contributed by atoms with Crippen LogP contribution < -0.4 is 0 Å². The number of furan rings is 1. The molecule has 0 unspecified atom stereocenters. The van der Waals surface area contributed by atoms with Crippen LogP contribution in [-0.4, -0.2) is 19.9 Å². The third-order valence-corrected chi connectivity index (χ3v) is 10.3. The van der Waals surface area contributed by atoms with E-state index in [9.17, 15) is 0 Å². The maximum absolute atomic E-state index is 6.21. The van der Waals surface area contributed by atoms with Gasteiger partial charge >= 0.3 is 0 Å². The highest BCUT2D eigenvalue weighted by Gasteiger charge is 2.23. The second-order valence-electron chi connectivity index (χ2n) is 13.4. The predicted octanol–water partition coefficient (Wildman–Crippen LogP) is 12.3. The minimum absolute atomic E-state index is 0.609. The van der Waals surface area contributed by atoms with E-state index in [1.165, 1.54) is 27.6 Å². The first kappa shape index (κ1) is 29.5. The van der Waals surface area contributed by atoms with Crippen LogP contribution in [0.2, 0.25) is 0 Å². The zero-order chi connectivity index (χ0) is 34.9. The van der Waals surface area contributed by atoms with Gasteiger partial charge in [-0.15, -0.1) is 0 Å². The predicted molar refractivity (Wildman–Crippen MR) is 214 cm³/mol. The molecule has 53 heavy (non-hydrogen) atoms. The van der Waals surface area contributed by atoms with Crippen LogP contribution >= 0.6 is 0 Å². The molecule has 5 heteroatoms. The van der Waals surface area contributed by atoms with Crippen LogP contribution in [0.1, 0.15) is 0 Å². The van der Waals surface area contributed by atoms with Crippen LogP contribution in [0.15, 0.2) is 174 Å². The molecule has 5 nitrogen and oxygen atoms in total. The second-order valence-corrected chi connectivity index (χ2v) is 13.4. The zero-order valence-corrected chi connectivity index (χ0v) is 28.4. The van der Waals surface area contributed by atoms with Crippen LogP contribution in [0.3, 0.4) is 0 Å². The Labute approximate surface area is 304 Å². The monoisotopic (exact) mass is 676 g/mol. The molecule has 0 bridgehead atoms. The molecule has 0 N–H and O–H groups in total. The van der Waals surface area contributed by atoms with Crippen molar-refractivity contribution >= 4 is 32.8 Å². The van der Waals surface area contributed by atoms with Crippen LogP contribution in [0.5, 0.6) is 0 Å². The number of hydrogen-bond donors (Lipinski definition) is 0. The van der Waals surface area contributed by atoms with Gasteiger partial charge in [0.05, 0.1) is 11.2 Å². The van der Waals surface area contributed by atoms with E-state index in [0.29, 0.717) is 17.5 Å². The Morgan fingerprint density at radius 2 is 0.887 bits per heavy atom. The number of para-hydroxylation sites is 1. The number of pyridine rings is 1. The fourth-order valence-corrected chi connectivity index (χ4v) is 7.81. The molecule has 0 amide bonds. The SMILES string of the molecule is c1ccc(-c2nc(-c3ccc(-c4cc5c6c(cccc6n4)-c4ccccc4-5)cc3)nc(-c3cccc(-c4cccc5oc6ccccc6c45)c3)n2)cc1. The Bertz CT molecular complexity index is 3060. The van der Waals surface area contributed by atoms with Gasteiger partial charge in [0, 0.05) is 38.4 Å². The lowest BCUT2D eigenvalue weighted by molar-refractivity contribution is 0.669. The van der Waals surface area contributed by atoms with Crippen molar-refractivity contribution in [3.05, 3.63) is 170 Å². The molecule has 1 aliphatic carbocycles. The van der Waals surface area contributed by atoms with Gasteiger partial charge in [-0.3, -0.25) is 0 Å². The van der Waals surface area contributed by atoms with E-state index in [0.717, 1.165) is 66.5 Å². The summed E-state index contributed by atoms with van der Waals surface area (Å²) in [5.41, 5.74) is 14.6. The first-order valence-electron chi connectivity index (χ1n) is 17.7. The molecule has 3 heterocycles. The standard InChI is InChI=1S/C48H28N4O/c1-2-11-30(12-3-1)46-50-47(31-25-23-29(24-26-31)41-28-39-36-16-5-4-15-35(36)37-19-9-20-40(49-41)44(37)39)52-48(51-46)33-14-8-13-32(27-33)34-18-10-22-43-45(34)38-17-6-7-21-42(38)53-43/h1-28H. The highest BCUT2D eigenvalue weighted by Crippen LogP contribution is 2.47. The molecule has 246 valence electrons. The van der Waals surface area contributed by atoms with E-state index in [1.807, 2.05) is 54.6 Å². The Hall–Kier alpha value is -7.24. The van der Waals surface area contributed by atoms with Gasteiger partial charge in [0.2, 0.25) is 0 Å². The van der Waals surface area contributed by atoms with Gasteiger partial charge in [0.15, 0.2) is 17.5 Å². The van der Waals surface area contributed by atoms with E-state index >= 15 is 0 Å². The van der Waals surface area contributed by atoms with Crippen LogP contribution in [0.4, 0.5) is 0 Å². The number of nitrogens with zero attached hydrogens (tertiary/aromatic N) is 4. The van der Waals surface area contributed by atoms with E-state index in [2.05, 4.69) is 115 Å². The quantitative estimate of drug-likeness (QED) is 0.181. The third kappa shape index (κ3) is 4.79.